The van der Waals surface area contributed by atoms with E-state index in [1.54, 1.807) is 6.07 Å². The lowest BCUT2D eigenvalue weighted by atomic mass is 9.89. The molecule has 2 N–H and O–H groups in total. The maximum absolute atomic E-state index is 16.8. The van der Waals surface area contributed by atoms with E-state index in [0.717, 1.165) is 32.2 Å². The number of hydrogen-bond acceptors (Lipinski definition) is 8. The van der Waals surface area contributed by atoms with E-state index in [2.05, 4.69) is 21.8 Å². The fourth-order valence-electron chi connectivity index (χ4n) is 8.31. The minimum atomic E-state index is -5.08. The number of halogens is 7. The van der Waals surface area contributed by atoms with Gasteiger partial charge in [0.2, 0.25) is 0 Å². The van der Waals surface area contributed by atoms with Crippen molar-refractivity contribution in [2.75, 3.05) is 31.6 Å². The Morgan fingerprint density at radius 2 is 1.85 bits per heavy atom. The fraction of sp³-hybridized carbons (Fsp3) is 0.514. The molecule has 4 aliphatic rings. The molecule has 0 bridgehead atoms. The molecule has 3 atom stereocenters. The summed E-state index contributed by atoms with van der Waals surface area (Å²) in [5.74, 6) is -5.71. The number of phenols is 1. The lowest BCUT2D eigenvalue weighted by molar-refractivity contribution is -0.192. The van der Waals surface area contributed by atoms with E-state index in [9.17, 15) is 31.4 Å². The number of anilines is 1. The van der Waals surface area contributed by atoms with Crippen LogP contribution in [-0.2, 0) is 11.2 Å². The largest absolute Gasteiger partial charge is 0.508 e. The molecule has 4 aromatic rings. The number of aromatic nitrogens is 3. The standard InChI is InChI=1S/C35H37F4N5O2.C2HF3O2/c1-4-23-26(36)9-8-21-12-22(45)13-24(27(21)23)29-28(37)30-25(14-40-29)31(43(3)19(2)20-6-7-20)42-32(41-30)46-18-34-10-5-11-44(34)17-33(15-34)16-35(33,38)39;3-2(4,5)1(6)7/h8-9,12-14,19-20,45H,4-7,10-11,15-18H2,1-3H3;(H,6,7)/t19?,33-,34-;/m0./s1. The van der Waals surface area contributed by atoms with Crippen molar-refractivity contribution in [3.63, 3.8) is 0 Å². The van der Waals surface area contributed by atoms with Crippen LogP contribution in [0.3, 0.4) is 0 Å². The Morgan fingerprint density at radius 1 is 1.15 bits per heavy atom. The first-order chi connectivity index (χ1) is 24.9. The maximum atomic E-state index is 16.8. The second kappa shape index (κ2) is 12.8. The minimum Gasteiger partial charge on any atom is -0.508 e. The van der Waals surface area contributed by atoms with Gasteiger partial charge in [-0.05, 0) is 92.4 Å². The van der Waals surface area contributed by atoms with Gasteiger partial charge < -0.3 is 19.8 Å². The third-order valence-electron chi connectivity index (χ3n) is 11.5. The first-order valence-electron chi connectivity index (χ1n) is 17.5. The van der Waals surface area contributed by atoms with Crippen molar-refractivity contribution in [1.82, 2.24) is 19.9 Å². The average Bonchev–Trinajstić information content (AvgIpc) is 3.95. The molecule has 2 saturated carbocycles. The van der Waals surface area contributed by atoms with Gasteiger partial charge in [-0.15, -0.1) is 0 Å². The minimum absolute atomic E-state index is 0.0109. The molecule has 4 heterocycles. The molecular formula is C37H38F7N5O4. The van der Waals surface area contributed by atoms with Gasteiger partial charge in [-0.2, -0.15) is 23.1 Å². The van der Waals surface area contributed by atoms with Gasteiger partial charge in [0.05, 0.1) is 16.3 Å². The zero-order valence-electron chi connectivity index (χ0n) is 29.2. The molecule has 0 amide bonds. The second-order valence-corrected chi connectivity index (χ2v) is 14.9. The highest BCUT2D eigenvalue weighted by atomic mass is 19.4. The number of fused-ring (bicyclic) bond motifs is 3. The van der Waals surface area contributed by atoms with Crippen molar-refractivity contribution >= 4 is 33.5 Å². The predicted octanol–water partition coefficient (Wildman–Crippen LogP) is 7.90. The number of benzene rings is 2. The van der Waals surface area contributed by atoms with Crippen molar-refractivity contribution in [3.8, 4) is 23.0 Å². The van der Waals surface area contributed by atoms with Gasteiger partial charge in [-0.1, -0.05) is 13.0 Å². The van der Waals surface area contributed by atoms with E-state index in [-0.39, 0.29) is 47.6 Å². The molecular weight excluding hydrogens is 711 g/mol. The van der Waals surface area contributed by atoms with Crippen LogP contribution >= 0.6 is 0 Å². The van der Waals surface area contributed by atoms with E-state index in [1.165, 1.54) is 24.4 Å². The summed E-state index contributed by atoms with van der Waals surface area (Å²) in [5.41, 5.74) is -0.946. The molecule has 8 rings (SSSR count). The summed E-state index contributed by atoms with van der Waals surface area (Å²) < 4.78 is 98.6. The lowest BCUT2D eigenvalue weighted by Gasteiger charge is -2.31. The van der Waals surface area contributed by atoms with Gasteiger partial charge in [0, 0.05) is 37.8 Å². The van der Waals surface area contributed by atoms with Crippen LogP contribution in [0.25, 0.3) is 32.9 Å². The summed E-state index contributed by atoms with van der Waals surface area (Å²) in [6, 6.07) is 5.91. The maximum Gasteiger partial charge on any atom is 0.490 e. The Bertz CT molecular complexity index is 2110. The normalized spacial score (nSPS) is 23.9. The third kappa shape index (κ3) is 6.46. The molecule has 0 radical (unpaired) electrons. The Hall–Kier alpha value is -4.47. The number of hydrogen-bond donors (Lipinski definition) is 2. The SMILES string of the molecule is CCc1c(F)ccc2cc(O)cc(-c3ncc4c(N(C)C(C)C5CC5)nc(OC[C@@]56CCCN5C[C@@]5(CC5(F)F)C6)nc4c3F)c12.O=C(O)C(F)(F)F. The van der Waals surface area contributed by atoms with Crippen LogP contribution < -0.4 is 9.64 Å². The first kappa shape index (κ1) is 36.9. The number of nitrogens with zero attached hydrogens (tertiary/aromatic N) is 5. The van der Waals surface area contributed by atoms with Crippen LogP contribution in [0.4, 0.5) is 36.6 Å². The van der Waals surface area contributed by atoms with E-state index in [1.807, 2.05) is 18.9 Å². The molecule has 2 aromatic heterocycles. The highest BCUT2D eigenvalue weighted by molar-refractivity contribution is 6.01. The number of ether oxygens (including phenoxy) is 1. The molecule has 16 heteroatoms. The third-order valence-corrected chi connectivity index (χ3v) is 11.5. The lowest BCUT2D eigenvalue weighted by Crippen LogP contribution is -2.43. The van der Waals surface area contributed by atoms with Crippen LogP contribution in [0.15, 0.2) is 30.5 Å². The van der Waals surface area contributed by atoms with Gasteiger partial charge in [0.15, 0.2) is 5.82 Å². The summed E-state index contributed by atoms with van der Waals surface area (Å²) in [5, 5.41) is 19.1. The first-order valence-corrected chi connectivity index (χ1v) is 17.5. The summed E-state index contributed by atoms with van der Waals surface area (Å²) >= 11 is 0. The van der Waals surface area contributed by atoms with Gasteiger partial charge in [-0.25, -0.2) is 22.4 Å². The number of aliphatic carboxylic acids is 1. The molecule has 2 aliphatic carbocycles. The van der Waals surface area contributed by atoms with Crippen molar-refractivity contribution in [1.29, 1.82) is 0 Å². The van der Waals surface area contributed by atoms with Crippen LogP contribution in [0.2, 0.25) is 0 Å². The summed E-state index contributed by atoms with van der Waals surface area (Å²) in [6.07, 6.45) is 0.905. The number of carboxylic acid groups (broad SMARTS) is 1. The topological polar surface area (TPSA) is 112 Å². The number of carboxylic acids is 1. The summed E-state index contributed by atoms with van der Waals surface area (Å²) in [7, 11) is 1.91. The highest BCUT2D eigenvalue weighted by Gasteiger charge is 2.77. The van der Waals surface area contributed by atoms with E-state index >= 15 is 4.39 Å². The van der Waals surface area contributed by atoms with Gasteiger partial charge in [0.25, 0.3) is 5.92 Å². The molecule has 2 saturated heterocycles. The number of pyridine rings is 1. The van der Waals surface area contributed by atoms with Crippen molar-refractivity contribution in [2.24, 2.45) is 11.3 Å². The Kier molecular flexibility index (Phi) is 8.93. The van der Waals surface area contributed by atoms with Crippen LogP contribution in [0.1, 0.15) is 57.9 Å². The molecule has 53 heavy (non-hydrogen) atoms. The average molecular weight is 750 g/mol. The zero-order valence-corrected chi connectivity index (χ0v) is 29.2. The van der Waals surface area contributed by atoms with Crippen LogP contribution in [0.5, 0.6) is 11.8 Å². The quantitative estimate of drug-likeness (QED) is 0.174. The number of carbonyl (C=O) groups is 1. The molecule has 4 fully saturated rings. The summed E-state index contributed by atoms with van der Waals surface area (Å²) in [6.45, 7) is 5.16. The second-order valence-electron chi connectivity index (χ2n) is 14.9. The smallest absolute Gasteiger partial charge is 0.490 e. The van der Waals surface area contributed by atoms with Gasteiger partial charge in [-0.3, -0.25) is 9.88 Å². The van der Waals surface area contributed by atoms with E-state index < -0.39 is 40.7 Å². The molecule has 284 valence electrons. The molecule has 1 unspecified atom stereocenters. The molecule has 2 aliphatic heterocycles. The monoisotopic (exact) mass is 749 g/mol. The van der Waals surface area contributed by atoms with Crippen molar-refractivity contribution < 1.29 is 50.5 Å². The number of alkyl halides is 5. The van der Waals surface area contributed by atoms with Gasteiger partial charge in [0.1, 0.15) is 35.2 Å². The number of aryl methyl sites for hydroxylation is 1. The molecule has 2 aromatic carbocycles. The summed E-state index contributed by atoms with van der Waals surface area (Å²) in [4.78, 5) is 26.9. The van der Waals surface area contributed by atoms with Crippen LogP contribution in [0, 0.1) is 23.0 Å². The van der Waals surface area contributed by atoms with E-state index in [0.29, 0.717) is 52.8 Å². The number of phenolic OH excluding ortho intramolecular Hbond substituents is 1. The number of rotatable bonds is 8. The van der Waals surface area contributed by atoms with Crippen molar-refractivity contribution in [2.45, 2.75) is 82.5 Å². The molecule has 9 nitrogen and oxygen atoms in total. The van der Waals surface area contributed by atoms with Crippen molar-refractivity contribution in [3.05, 3.63) is 47.7 Å². The molecule has 1 spiro atoms. The Balaban J connectivity index is 0.000000568. The fourth-order valence-corrected chi connectivity index (χ4v) is 8.31. The zero-order chi connectivity index (χ0) is 38.2. The highest BCUT2D eigenvalue weighted by Crippen LogP contribution is 2.69. The Morgan fingerprint density at radius 3 is 2.47 bits per heavy atom. The van der Waals surface area contributed by atoms with Crippen LogP contribution in [-0.4, -0.2) is 86.5 Å². The number of aromatic hydroxyl groups is 1. The van der Waals surface area contributed by atoms with E-state index in [4.69, 9.17) is 19.6 Å². The predicted molar refractivity (Wildman–Crippen MR) is 181 cm³/mol. The van der Waals surface area contributed by atoms with Gasteiger partial charge >= 0.3 is 18.2 Å². The Labute approximate surface area is 299 Å².